The molecular weight excluding hydrogens is 496 g/mol. The molecule has 0 saturated heterocycles. The fraction of sp³-hybridized carbons (Fsp3) is 0.194. The number of anilines is 1. The third-order valence-electron chi connectivity index (χ3n) is 6.03. The van der Waals surface area contributed by atoms with Gasteiger partial charge >= 0.3 is 5.97 Å². The van der Waals surface area contributed by atoms with E-state index in [1.807, 2.05) is 60.7 Å². The first-order chi connectivity index (χ1) is 18.9. The number of nitrogens with zero attached hydrogens (tertiary/aromatic N) is 2. The molecule has 4 rings (SSSR count). The highest BCUT2D eigenvalue weighted by atomic mass is 16.6. The number of hydrogen-bond donors (Lipinski definition) is 0. The molecule has 4 aromatic rings. The van der Waals surface area contributed by atoms with Gasteiger partial charge in [-0.1, -0.05) is 54.6 Å². The number of nitro groups is 1. The summed E-state index contributed by atoms with van der Waals surface area (Å²) in [5, 5.41) is 11.6. The number of carbonyl (C=O) groups excluding carboxylic acids is 1. The molecule has 8 nitrogen and oxygen atoms in total. The van der Waals surface area contributed by atoms with Crippen molar-refractivity contribution in [3.63, 3.8) is 0 Å². The Kier molecular flexibility index (Phi) is 9.13. The van der Waals surface area contributed by atoms with Crippen LogP contribution in [0, 0.1) is 17.0 Å². The molecule has 0 aliphatic heterocycles. The largest absolute Gasteiger partial charge is 0.482 e. The van der Waals surface area contributed by atoms with Crippen LogP contribution in [0.1, 0.15) is 23.6 Å². The van der Waals surface area contributed by atoms with E-state index in [-0.39, 0.29) is 17.2 Å². The van der Waals surface area contributed by atoms with Crippen molar-refractivity contribution in [1.82, 2.24) is 0 Å². The van der Waals surface area contributed by atoms with Gasteiger partial charge in [0.25, 0.3) is 5.69 Å². The summed E-state index contributed by atoms with van der Waals surface area (Å²) in [4.78, 5) is 24.9. The Morgan fingerprint density at radius 3 is 2.18 bits per heavy atom. The molecular formula is C31H30N2O6. The third-order valence-corrected chi connectivity index (χ3v) is 6.03. The average Bonchev–Trinajstić information content (AvgIpc) is 2.93. The lowest BCUT2D eigenvalue weighted by molar-refractivity contribution is -0.385. The zero-order chi connectivity index (χ0) is 27.6. The summed E-state index contributed by atoms with van der Waals surface area (Å²) in [5.74, 6) is 1.28. The summed E-state index contributed by atoms with van der Waals surface area (Å²) < 4.78 is 16.4. The van der Waals surface area contributed by atoms with Crippen LogP contribution in [0.25, 0.3) is 0 Å². The quantitative estimate of drug-likeness (QED) is 0.113. The number of benzene rings is 4. The van der Waals surface area contributed by atoms with Crippen molar-refractivity contribution in [3.8, 4) is 17.2 Å². The third kappa shape index (κ3) is 7.58. The summed E-state index contributed by atoms with van der Waals surface area (Å²) in [6, 6.07) is 29.9. The molecule has 0 amide bonds. The van der Waals surface area contributed by atoms with Crippen LogP contribution in [0.2, 0.25) is 0 Å². The van der Waals surface area contributed by atoms with Gasteiger partial charge in [-0.05, 0) is 55.3 Å². The van der Waals surface area contributed by atoms with Gasteiger partial charge in [0.05, 0.1) is 17.1 Å². The Morgan fingerprint density at radius 1 is 0.821 bits per heavy atom. The molecule has 8 heteroatoms. The van der Waals surface area contributed by atoms with E-state index in [9.17, 15) is 14.9 Å². The first-order valence-electron chi connectivity index (χ1n) is 12.6. The van der Waals surface area contributed by atoms with Crippen LogP contribution >= 0.6 is 0 Å². The number of carbonyl (C=O) groups is 1. The molecule has 0 aliphatic carbocycles. The number of rotatable bonds is 12. The molecule has 4 aromatic carbocycles. The lowest BCUT2D eigenvalue weighted by Crippen LogP contribution is -2.23. The number of nitro benzene ring substituents is 1. The van der Waals surface area contributed by atoms with E-state index in [0.29, 0.717) is 42.5 Å². The predicted octanol–water partition coefficient (Wildman–Crippen LogP) is 6.84. The molecule has 0 bridgehead atoms. The van der Waals surface area contributed by atoms with Gasteiger partial charge < -0.3 is 19.1 Å². The van der Waals surface area contributed by atoms with Crippen molar-refractivity contribution >= 4 is 17.3 Å². The molecule has 0 aliphatic rings. The van der Waals surface area contributed by atoms with Gasteiger partial charge in [-0.25, -0.2) is 4.79 Å². The van der Waals surface area contributed by atoms with Gasteiger partial charge in [0.1, 0.15) is 17.2 Å². The molecule has 0 atom stereocenters. The van der Waals surface area contributed by atoms with Crippen molar-refractivity contribution in [2.24, 2.45) is 0 Å². The first kappa shape index (κ1) is 27.2. The average molecular weight is 527 g/mol. The van der Waals surface area contributed by atoms with Crippen molar-refractivity contribution in [1.29, 1.82) is 0 Å². The van der Waals surface area contributed by atoms with E-state index in [1.165, 1.54) is 6.07 Å². The van der Waals surface area contributed by atoms with Crippen molar-refractivity contribution in [3.05, 3.63) is 124 Å². The van der Waals surface area contributed by atoms with Gasteiger partial charge in [-0.3, -0.25) is 10.1 Å². The van der Waals surface area contributed by atoms with Gasteiger partial charge in [-0.15, -0.1) is 0 Å². The monoisotopic (exact) mass is 526 g/mol. The highest BCUT2D eigenvalue weighted by Gasteiger charge is 2.18. The number of ether oxygens (including phenoxy) is 3. The summed E-state index contributed by atoms with van der Waals surface area (Å²) in [6.07, 6.45) is 0. The number of hydrogen-bond acceptors (Lipinski definition) is 7. The lowest BCUT2D eigenvalue weighted by Gasteiger charge is -2.27. The van der Waals surface area contributed by atoms with Crippen molar-refractivity contribution in [2.45, 2.75) is 26.9 Å². The van der Waals surface area contributed by atoms with E-state index in [1.54, 1.807) is 44.2 Å². The Hall–Kier alpha value is -4.85. The maximum atomic E-state index is 11.6. The van der Waals surface area contributed by atoms with Gasteiger partial charge in [0.2, 0.25) is 0 Å². The highest BCUT2D eigenvalue weighted by Crippen LogP contribution is 2.31. The van der Waals surface area contributed by atoms with E-state index < -0.39 is 5.97 Å². The smallest absolute Gasteiger partial charge is 0.344 e. The topological polar surface area (TPSA) is 91.1 Å². The van der Waals surface area contributed by atoms with Gasteiger partial charge in [-0.2, -0.15) is 0 Å². The van der Waals surface area contributed by atoms with E-state index in [2.05, 4.69) is 4.90 Å². The second kappa shape index (κ2) is 13.1. The van der Waals surface area contributed by atoms with Crippen LogP contribution < -0.4 is 14.4 Å². The normalized spacial score (nSPS) is 10.5. The zero-order valence-electron chi connectivity index (χ0n) is 21.9. The minimum absolute atomic E-state index is 0.0998. The van der Waals surface area contributed by atoms with Crippen molar-refractivity contribution in [2.75, 3.05) is 18.1 Å². The van der Waals surface area contributed by atoms with Gasteiger partial charge in [0, 0.05) is 30.9 Å². The fourth-order valence-electron chi connectivity index (χ4n) is 4.17. The molecule has 0 saturated carbocycles. The summed E-state index contributed by atoms with van der Waals surface area (Å²) >= 11 is 0. The van der Waals surface area contributed by atoms with E-state index in [0.717, 1.165) is 16.8 Å². The second-order valence-corrected chi connectivity index (χ2v) is 8.83. The maximum Gasteiger partial charge on any atom is 0.344 e. The summed E-state index contributed by atoms with van der Waals surface area (Å²) in [5.41, 5.74) is 3.67. The SMILES string of the molecule is CCOC(=O)COc1cccc(Oc2ccc(CN(Cc3ccccc3)c3cccc([N+](=O)[O-])c3C)cc2)c1. The summed E-state index contributed by atoms with van der Waals surface area (Å²) in [7, 11) is 0. The summed E-state index contributed by atoms with van der Waals surface area (Å²) in [6.45, 7) is 4.81. The van der Waals surface area contributed by atoms with E-state index in [4.69, 9.17) is 14.2 Å². The molecule has 0 heterocycles. The zero-order valence-corrected chi connectivity index (χ0v) is 21.9. The standard InChI is InChI=1S/C31H30N2O6/c1-3-37-31(34)22-38-27-11-7-12-28(19-27)39-26-17-15-25(16-18-26)21-32(20-24-9-5-4-6-10-24)29-13-8-14-30(23(29)2)33(35)36/h4-19H,3,20-22H2,1-2H3. The second-order valence-electron chi connectivity index (χ2n) is 8.83. The van der Waals surface area contributed by atoms with Crippen LogP contribution in [-0.4, -0.2) is 24.1 Å². The van der Waals surface area contributed by atoms with Gasteiger partial charge in [0.15, 0.2) is 6.61 Å². The van der Waals surface area contributed by atoms with Crippen LogP contribution in [0.4, 0.5) is 11.4 Å². The van der Waals surface area contributed by atoms with Crippen LogP contribution in [0.5, 0.6) is 17.2 Å². The molecule has 39 heavy (non-hydrogen) atoms. The first-order valence-corrected chi connectivity index (χ1v) is 12.6. The molecule has 0 spiro atoms. The maximum absolute atomic E-state index is 11.6. The molecule has 0 N–H and O–H groups in total. The molecule has 0 fully saturated rings. The lowest BCUT2D eigenvalue weighted by atomic mass is 10.1. The Bertz CT molecular complexity index is 1410. The van der Waals surface area contributed by atoms with Crippen LogP contribution in [-0.2, 0) is 22.6 Å². The number of esters is 1. The van der Waals surface area contributed by atoms with Crippen LogP contribution in [0.15, 0.2) is 97.1 Å². The molecule has 0 radical (unpaired) electrons. The van der Waals surface area contributed by atoms with Crippen LogP contribution in [0.3, 0.4) is 0 Å². The Morgan fingerprint density at radius 2 is 1.49 bits per heavy atom. The minimum atomic E-state index is -0.430. The highest BCUT2D eigenvalue weighted by molar-refractivity contribution is 5.71. The molecule has 200 valence electrons. The van der Waals surface area contributed by atoms with E-state index >= 15 is 0 Å². The predicted molar refractivity (Wildman–Crippen MR) is 149 cm³/mol. The Balaban J connectivity index is 1.49. The molecule has 0 aromatic heterocycles. The Labute approximate surface area is 227 Å². The fourth-order valence-corrected chi connectivity index (χ4v) is 4.17. The molecule has 0 unspecified atom stereocenters. The minimum Gasteiger partial charge on any atom is -0.482 e. The van der Waals surface area contributed by atoms with Crippen molar-refractivity contribution < 1.29 is 23.9 Å².